The van der Waals surface area contributed by atoms with Gasteiger partial charge in [-0.15, -0.1) is 0 Å². The lowest BCUT2D eigenvalue weighted by Crippen LogP contribution is -2.46. The van der Waals surface area contributed by atoms with Crippen LogP contribution in [0.15, 0.2) is 25.3 Å². The van der Waals surface area contributed by atoms with Crippen LogP contribution in [0.3, 0.4) is 0 Å². The Morgan fingerprint density at radius 3 is 1.27 bits per heavy atom. The van der Waals surface area contributed by atoms with Crippen LogP contribution in [0, 0.1) is 5.41 Å². The average molecular weight is 684 g/mol. The molecule has 2 atom stereocenters. The minimum atomic E-state index is -1.19. The van der Waals surface area contributed by atoms with Crippen LogP contribution in [0.4, 0.5) is 0 Å². The van der Waals surface area contributed by atoms with Gasteiger partial charge in [-0.05, 0) is 101 Å². The van der Waals surface area contributed by atoms with Crippen molar-refractivity contribution in [1.82, 2.24) is 0 Å². The third-order valence-electron chi connectivity index (χ3n) is 8.36. The van der Waals surface area contributed by atoms with Crippen molar-refractivity contribution in [3.8, 4) is 0 Å². The van der Waals surface area contributed by atoms with Crippen LogP contribution in [0.2, 0.25) is 0 Å². The first kappa shape index (κ1) is 45.7. The van der Waals surface area contributed by atoms with E-state index in [-0.39, 0.29) is 18.0 Å². The third-order valence-corrected chi connectivity index (χ3v) is 8.36. The van der Waals surface area contributed by atoms with Crippen molar-refractivity contribution in [2.75, 3.05) is 19.8 Å². The van der Waals surface area contributed by atoms with E-state index in [4.69, 9.17) is 34.2 Å². The molecule has 0 saturated carbocycles. The first-order valence-corrected chi connectivity index (χ1v) is 17.3. The first-order chi connectivity index (χ1) is 21.7. The number of esters is 3. The number of hydrogen-bond acceptors (Lipinski definition) is 10. The van der Waals surface area contributed by atoms with Gasteiger partial charge >= 0.3 is 17.9 Å². The monoisotopic (exact) mass is 683 g/mol. The molecule has 0 aromatic rings. The minimum absolute atomic E-state index is 0.232. The molecule has 48 heavy (non-hydrogen) atoms. The van der Waals surface area contributed by atoms with E-state index < -0.39 is 45.7 Å². The van der Waals surface area contributed by atoms with Crippen LogP contribution >= 0.6 is 0 Å². The van der Waals surface area contributed by atoms with E-state index in [1.165, 1.54) is 0 Å². The van der Waals surface area contributed by atoms with E-state index in [0.29, 0.717) is 58.2 Å². The molecular formula is C38H69NO9. The molecule has 0 aliphatic rings. The van der Waals surface area contributed by atoms with Gasteiger partial charge in [0.25, 0.3) is 0 Å². The number of rotatable bonds is 25. The van der Waals surface area contributed by atoms with Gasteiger partial charge in [-0.3, -0.25) is 10.5 Å². The van der Waals surface area contributed by atoms with E-state index >= 15 is 0 Å². The van der Waals surface area contributed by atoms with Crippen molar-refractivity contribution in [2.45, 2.75) is 175 Å². The summed E-state index contributed by atoms with van der Waals surface area (Å²) in [6.45, 7) is 33.6. The normalized spacial score (nSPS) is 15.5. The Bertz CT molecular complexity index is 1000. The van der Waals surface area contributed by atoms with Gasteiger partial charge in [-0.1, -0.05) is 33.4 Å². The van der Waals surface area contributed by atoms with Gasteiger partial charge in [0.2, 0.25) is 0 Å². The molecule has 2 unspecified atom stereocenters. The summed E-state index contributed by atoms with van der Waals surface area (Å²) in [5.74, 6) is -1.28. The Labute approximate surface area is 291 Å². The number of carbonyl (C=O) groups excluding carboxylic acids is 3. The average Bonchev–Trinajstić information content (AvgIpc) is 2.90. The second kappa shape index (κ2) is 18.6. The number of nitrogens with two attached hydrogens (primary N) is 1. The molecule has 10 heteroatoms. The van der Waals surface area contributed by atoms with E-state index in [0.717, 1.165) is 18.6 Å². The van der Waals surface area contributed by atoms with Gasteiger partial charge in [0.15, 0.2) is 5.72 Å². The molecule has 2 N–H and O–H groups in total. The largest absolute Gasteiger partial charge is 0.460 e. The highest BCUT2D eigenvalue weighted by atomic mass is 16.6. The predicted octanol–water partition coefficient (Wildman–Crippen LogP) is 7.75. The number of carbonyl (C=O) groups is 3. The lowest BCUT2D eigenvalue weighted by Gasteiger charge is -2.47. The Balaban J connectivity index is 6.03. The first-order valence-electron chi connectivity index (χ1n) is 17.3. The van der Waals surface area contributed by atoms with Crippen LogP contribution < -0.4 is 5.73 Å². The van der Waals surface area contributed by atoms with Gasteiger partial charge in [0.1, 0.15) is 11.2 Å². The van der Waals surface area contributed by atoms with E-state index in [9.17, 15) is 14.4 Å². The summed E-state index contributed by atoms with van der Waals surface area (Å²) in [6, 6.07) is 0. The summed E-state index contributed by atoms with van der Waals surface area (Å²) in [5, 5.41) is 0. The van der Waals surface area contributed by atoms with Gasteiger partial charge in [0, 0.05) is 37.8 Å². The topological polar surface area (TPSA) is 133 Å². The smallest absolute Gasteiger partial charge is 0.331 e. The molecule has 0 aromatic carbocycles. The summed E-state index contributed by atoms with van der Waals surface area (Å²) >= 11 is 0. The Kier molecular flexibility index (Phi) is 17.8. The van der Waals surface area contributed by atoms with Crippen molar-refractivity contribution in [1.29, 1.82) is 0 Å². The highest BCUT2D eigenvalue weighted by Crippen LogP contribution is 2.48. The lowest BCUT2D eigenvalue weighted by molar-refractivity contribution is -0.159. The number of hydrogen-bond donors (Lipinski definition) is 1. The Morgan fingerprint density at radius 1 is 0.562 bits per heavy atom. The lowest BCUT2D eigenvalue weighted by atomic mass is 9.65. The molecule has 0 spiro atoms. The summed E-state index contributed by atoms with van der Waals surface area (Å²) in [5.41, 5.74) is 1.75. The molecule has 0 aliphatic carbocycles. The molecule has 0 rings (SSSR count). The van der Waals surface area contributed by atoms with Crippen LogP contribution in [0.25, 0.3) is 0 Å². The molecule has 0 heterocycles. The number of ether oxygens (including phenoxy) is 6. The summed E-state index contributed by atoms with van der Waals surface area (Å²) in [7, 11) is 0. The Morgan fingerprint density at radius 2 is 0.917 bits per heavy atom. The zero-order valence-electron chi connectivity index (χ0n) is 32.6. The van der Waals surface area contributed by atoms with Crippen LogP contribution in [0.5, 0.6) is 0 Å². The molecule has 0 saturated heterocycles. The molecule has 0 aliphatic heterocycles. The van der Waals surface area contributed by atoms with Gasteiger partial charge in [-0.25, -0.2) is 9.59 Å². The van der Waals surface area contributed by atoms with E-state index in [1.54, 1.807) is 13.8 Å². The second-order valence-electron chi connectivity index (χ2n) is 16.4. The summed E-state index contributed by atoms with van der Waals surface area (Å²) in [6.07, 6.45) is 6.89. The molecule has 10 nitrogen and oxygen atoms in total. The molecule has 0 radical (unpaired) electrons. The van der Waals surface area contributed by atoms with E-state index in [1.807, 2.05) is 27.7 Å². The van der Waals surface area contributed by atoms with Gasteiger partial charge in [0.05, 0.1) is 36.6 Å². The molecule has 0 fully saturated rings. The van der Waals surface area contributed by atoms with Crippen molar-refractivity contribution in [3.63, 3.8) is 0 Å². The van der Waals surface area contributed by atoms with E-state index in [2.05, 4.69) is 61.6 Å². The third kappa shape index (κ3) is 19.7. The van der Waals surface area contributed by atoms with Gasteiger partial charge < -0.3 is 28.4 Å². The minimum Gasteiger partial charge on any atom is -0.460 e. The highest BCUT2D eigenvalue weighted by Gasteiger charge is 2.44. The van der Waals surface area contributed by atoms with Crippen LogP contribution in [-0.4, -0.2) is 71.5 Å². The molecular weight excluding hydrogens is 614 g/mol. The quantitative estimate of drug-likeness (QED) is 0.0441. The van der Waals surface area contributed by atoms with Crippen molar-refractivity contribution < 1.29 is 42.8 Å². The molecule has 0 bridgehead atoms. The van der Waals surface area contributed by atoms with Gasteiger partial charge in [-0.2, -0.15) is 0 Å². The summed E-state index contributed by atoms with van der Waals surface area (Å²) in [4.78, 5) is 35.4. The fourth-order valence-corrected chi connectivity index (χ4v) is 6.22. The summed E-state index contributed by atoms with van der Waals surface area (Å²) < 4.78 is 35.8. The fraction of sp³-hybridized carbons (Fsp3) is 0.816. The van der Waals surface area contributed by atoms with Crippen molar-refractivity contribution >= 4 is 17.9 Å². The van der Waals surface area contributed by atoms with Crippen LogP contribution in [-0.2, 0) is 42.8 Å². The maximum absolute atomic E-state index is 11.9. The molecule has 280 valence electrons. The maximum atomic E-state index is 11.9. The molecule has 0 aromatic heterocycles. The van der Waals surface area contributed by atoms with Crippen LogP contribution in [0.1, 0.15) is 141 Å². The zero-order valence-corrected chi connectivity index (χ0v) is 32.6. The van der Waals surface area contributed by atoms with Crippen molar-refractivity contribution in [3.05, 3.63) is 25.3 Å². The Hall–Kier alpha value is -2.27. The maximum Gasteiger partial charge on any atom is 0.331 e. The fourth-order valence-electron chi connectivity index (χ4n) is 6.22. The highest BCUT2D eigenvalue weighted by molar-refractivity contribution is 5.81. The molecule has 0 amide bonds. The standard InChI is InChI=1S/C38H69NO9/c1-16-29(40)46-32(5,6)20-23-43-34(9,10)26-38(19-4,27-35(11,12)44-24-21-33(7,8)47-30(41)17-2)28-36(13,14)45-25-22-37(15,39)48-31(42)18-3/h16,18H,1,3,17,19-28,39H2,2,4-15H3. The second-order valence-corrected chi connectivity index (χ2v) is 16.4. The predicted molar refractivity (Wildman–Crippen MR) is 190 cm³/mol. The SMILES string of the molecule is C=CC(=O)OC(C)(C)CCOC(C)(C)CC(CC)(CC(C)(C)OCCC(C)(C)OC(=O)CC)CC(C)(C)OCCC(C)(N)OC(=O)C=C. The van der Waals surface area contributed by atoms with Crippen molar-refractivity contribution in [2.24, 2.45) is 11.1 Å². The zero-order chi connectivity index (χ0) is 37.7.